The second-order valence-electron chi connectivity index (χ2n) is 4.29. The van der Waals surface area contributed by atoms with E-state index in [-0.39, 0.29) is 0 Å². The van der Waals surface area contributed by atoms with Gasteiger partial charge in [0.05, 0.1) is 6.61 Å². The molecule has 1 aliphatic heterocycles. The van der Waals surface area contributed by atoms with Gasteiger partial charge in [-0.1, -0.05) is 12.5 Å². The molecule has 0 radical (unpaired) electrons. The Morgan fingerprint density at radius 3 is 3.19 bits per heavy atom. The number of rotatable bonds is 5. The Labute approximate surface area is 116 Å². The molecule has 0 saturated carbocycles. The summed E-state index contributed by atoms with van der Waals surface area (Å²) in [5, 5.41) is 2.16. The Balaban J connectivity index is 1.81. The van der Waals surface area contributed by atoms with E-state index in [0.717, 1.165) is 6.61 Å². The topological polar surface area (TPSA) is 12.5 Å². The molecule has 0 bridgehead atoms. The summed E-state index contributed by atoms with van der Waals surface area (Å²) in [5.74, 6) is 0. The third-order valence-corrected chi connectivity index (χ3v) is 4.53. The van der Waals surface area contributed by atoms with Crippen LogP contribution in [0.1, 0.15) is 24.1 Å². The highest BCUT2D eigenvalue weighted by molar-refractivity contribution is 14.1. The lowest BCUT2D eigenvalue weighted by molar-refractivity contribution is 0.117. The smallest absolute Gasteiger partial charge is 0.109 e. The van der Waals surface area contributed by atoms with Gasteiger partial charge in [-0.15, -0.1) is 11.3 Å². The predicted octanol–water partition coefficient (Wildman–Crippen LogP) is 3.51. The summed E-state index contributed by atoms with van der Waals surface area (Å²) in [6.07, 6.45) is 5.20. The van der Waals surface area contributed by atoms with Gasteiger partial charge in [0.15, 0.2) is 0 Å². The number of likely N-dealkylation sites (tertiary alicyclic amines) is 1. The first-order valence-corrected chi connectivity index (χ1v) is 7.66. The number of piperidine rings is 1. The minimum absolute atomic E-state index is 0.644. The minimum Gasteiger partial charge on any atom is -0.314 e. The van der Waals surface area contributed by atoms with Crippen molar-refractivity contribution >= 4 is 34.3 Å². The number of hydrogen-bond donors (Lipinski definition) is 0. The van der Waals surface area contributed by atoms with Crippen LogP contribution in [-0.4, -0.2) is 30.6 Å². The Bertz CT molecular complexity index is 289. The van der Waals surface area contributed by atoms with E-state index in [0.29, 0.717) is 6.04 Å². The molecule has 2 heterocycles. The number of hydrogen-bond acceptors (Lipinski definition) is 3. The van der Waals surface area contributed by atoms with Crippen molar-refractivity contribution in [1.82, 2.24) is 4.90 Å². The Morgan fingerprint density at radius 2 is 2.44 bits per heavy atom. The summed E-state index contributed by atoms with van der Waals surface area (Å²) in [6.45, 7) is 3.31. The highest BCUT2D eigenvalue weighted by Crippen LogP contribution is 2.19. The van der Waals surface area contributed by atoms with Gasteiger partial charge in [-0.3, -0.25) is 4.90 Å². The predicted molar refractivity (Wildman–Crippen MR) is 77.2 cm³/mol. The van der Waals surface area contributed by atoms with Gasteiger partial charge in [0.2, 0.25) is 0 Å². The maximum atomic E-state index is 5.28. The normalized spacial score (nSPS) is 22.4. The van der Waals surface area contributed by atoms with Gasteiger partial charge >= 0.3 is 0 Å². The molecule has 0 unspecified atom stereocenters. The first kappa shape index (κ1) is 12.8. The van der Waals surface area contributed by atoms with E-state index in [1.807, 2.05) is 34.3 Å². The Morgan fingerprint density at radius 1 is 1.50 bits per heavy atom. The van der Waals surface area contributed by atoms with E-state index >= 15 is 0 Å². The molecule has 90 valence electrons. The van der Waals surface area contributed by atoms with Crippen LogP contribution in [0, 0.1) is 0 Å². The van der Waals surface area contributed by atoms with Crippen molar-refractivity contribution in [3.05, 3.63) is 22.4 Å². The van der Waals surface area contributed by atoms with Crippen LogP contribution in [0.2, 0.25) is 0 Å². The second-order valence-corrected chi connectivity index (χ2v) is 5.95. The van der Waals surface area contributed by atoms with Crippen LogP contribution in [0.25, 0.3) is 0 Å². The fourth-order valence-corrected chi connectivity index (χ4v) is 3.44. The zero-order chi connectivity index (χ0) is 11.2. The maximum Gasteiger partial charge on any atom is 0.109 e. The maximum absolute atomic E-state index is 5.28. The van der Waals surface area contributed by atoms with Crippen molar-refractivity contribution in [3.63, 3.8) is 0 Å². The first-order valence-electron chi connectivity index (χ1n) is 5.90. The van der Waals surface area contributed by atoms with E-state index < -0.39 is 0 Å². The zero-order valence-electron chi connectivity index (χ0n) is 9.40. The molecule has 0 aromatic carbocycles. The standard InChI is InChI=1S/C12H18INOS/c13-15-10-11-4-1-2-7-14(11)8-6-12-5-3-9-16-12/h3,5,9,11H,1-2,4,6-8,10H2/t11-/m0/s1. The third-order valence-electron chi connectivity index (χ3n) is 3.23. The van der Waals surface area contributed by atoms with Gasteiger partial charge < -0.3 is 3.07 Å². The molecule has 1 aromatic heterocycles. The van der Waals surface area contributed by atoms with Crippen LogP contribution >= 0.6 is 34.3 Å². The van der Waals surface area contributed by atoms with Crippen molar-refractivity contribution in [2.24, 2.45) is 0 Å². The van der Waals surface area contributed by atoms with E-state index in [9.17, 15) is 0 Å². The summed E-state index contributed by atoms with van der Waals surface area (Å²) in [4.78, 5) is 4.10. The Hall–Kier alpha value is 0.350. The molecule has 1 saturated heterocycles. The summed E-state index contributed by atoms with van der Waals surface area (Å²) in [6, 6.07) is 5.02. The second kappa shape index (κ2) is 6.93. The number of nitrogens with zero attached hydrogens (tertiary/aromatic N) is 1. The van der Waals surface area contributed by atoms with Crippen LogP contribution < -0.4 is 0 Å². The average Bonchev–Trinajstić information content (AvgIpc) is 2.81. The lowest BCUT2D eigenvalue weighted by atomic mass is 10.0. The summed E-state index contributed by atoms with van der Waals surface area (Å²) >= 11 is 3.88. The van der Waals surface area contributed by atoms with E-state index in [1.165, 1.54) is 43.6 Å². The molecule has 0 amide bonds. The van der Waals surface area contributed by atoms with Crippen LogP contribution in [0.3, 0.4) is 0 Å². The molecule has 2 nitrogen and oxygen atoms in total. The highest BCUT2D eigenvalue weighted by Gasteiger charge is 2.21. The van der Waals surface area contributed by atoms with Gasteiger partial charge in [-0.05, 0) is 37.3 Å². The van der Waals surface area contributed by atoms with Gasteiger partial charge in [-0.2, -0.15) is 0 Å². The van der Waals surface area contributed by atoms with Crippen LogP contribution in [0.5, 0.6) is 0 Å². The largest absolute Gasteiger partial charge is 0.314 e. The molecular weight excluding hydrogens is 333 g/mol. The fraction of sp³-hybridized carbons (Fsp3) is 0.667. The molecule has 0 spiro atoms. The third kappa shape index (κ3) is 3.68. The van der Waals surface area contributed by atoms with Crippen molar-refractivity contribution in [2.45, 2.75) is 31.7 Å². The zero-order valence-corrected chi connectivity index (χ0v) is 12.4. The molecule has 1 fully saturated rings. The minimum atomic E-state index is 0.644. The van der Waals surface area contributed by atoms with Crippen molar-refractivity contribution in [2.75, 3.05) is 19.7 Å². The molecule has 1 atom stereocenters. The lowest BCUT2D eigenvalue weighted by Gasteiger charge is -2.34. The summed E-state index contributed by atoms with van der Waals surface area (Å²) in [7, 11) is 0. The molecule has 1 aromatic rings. The molecule has 1 aliphatic rings. The molecule has 0 N–H and O–H groups in total. The highest BCUT2D eigenvalue weighted by atomic mass is 127. The van der Waals surface area contributed by atoms with E-state index in [4.69, 9.17) is 3.07 Å². The monoisotopic (exact) mass is 351 g/mol. The van der Waals surface area contributed by atoms with Crippen LogP contribution in [0.15, 0.2) is 17.5 Å². The number of halogens is 1. The van der Waals surface area contributed by atoms with Gasteiger partial charge in [0.25, 0.3) is 0 Å². The lowest BCUT2D eigenvalue weighted by Crippen LogP contribution is -2.42. The van der Waals surface area contributed by atoms with Crippen molar-refractivity contribution in [3.8, 4) is 0 Å². The summed E-state index contributed by atoms with van der Waals surface area (Å²) < 4.78 is 5.28. The fourth-order valence-electron chi connectivity index (χ4n) is 2.32. The number of thiophene rings is 1. The van der Waals surface area contributed by atoms with Gasteiger partial charge in [-0.25, -0.2) is 0 Å². The van der Waals surface area contributed by atoms with Crippen molar-refractivity contribution in [1.29, 1.82) is 0 Å². The van der Waals surface area contributed by atoms with E-state index in [2.05, 4.69) is 22.4 Å². The van der Waals surface area contributed by atoms with Crippen molar-refractivity contribution < 1.29 is 3.07 Å². The molecule has 4 heteroatoms. The van der Waals surface area contributed by atoms with Gasteiger partial charge in [0.1, 0.15) is 23.0 Å². The molecule has 16 heavy (non-hydrogen) atoms. The molecular formula is C12H18INOS. The molecule has 0 aliphatic carbocycles. The summed E-state index contributed by atoms with van der Waals surface area (Å²) in [5.41, 5.74) is 0. The SMILES string of the molecule is IOC[C@@H]1CCCCN1CCc1cccs1. The van der Waals surface area contributed by atoms with Crippen LogP contribution in [-0.2, 0) is 9.49 Å². The average molecular weight is 351 g/mol. The molecule has 2 rings (SSSR count). The van der Waals surface area contributed by atoms with Gasteiger partial charge in [0, 0.05) is 17.5 Å². The van der Waals surface area contributed by atoms with E-state index in [1.54, 1.807) is 0 Å². The Kier molecular flexibility index (Phi) is 5.55. The van der Waals surface area contributed by atoms with Crippen LogP contribution in [0.4, 0.5) is 0 Å². The quantitative estimate of drug-likeness (QED) is 0.753. The first-order chi connectivity index (χ1) is 7.90.